The molecule has 3 heteroatoms. The van der Waals surface area contributed by atoms with Gasteiger partial charge in [0.1, 0.15) is 0 Å². The lowest BCUT2D eigenvalue weighted by atomic mass is 9.80. The number of halogens is 1. The van der Waals surface area contributed by atoms with Crippen LogP contribution in [0.15, 0.2) is 18.2 Å². The van der Waals surface area contributed by atoms with E-state index in [4.69, 9.17) is 5.11 Å². The Morgan fingerprint density at radius 1 is 1.29 bits per heavy atom. The number of rotatable bonds is 2. The van der Waals surface area contributed by atoms with Crippen molar-refractivity contribution < 1.29 is 9.50 Å². The van der Waals surface area contributed by atoms with E-state index in [-0.39, 0.29) is 5.75 Å². The molecule has 0 heterocycles. The Hall–Kier alpha value is -1.25. The molecule has 0 aliphatic heterocycles. The van der Waals surface area contributed by atoms with Gasteiger partial charge in [0.2, 0.25) is 0 Å². The molecular formula is C14H20FNO. The maximum Gasteiger partial charge on any atom is 0.166 e. The van der Waals surface area contributed by atoms with E-state index in [0.717, 1.165) is 18.0 Å². The molecule has 2 nitrogen and oxygen atoms in total. The molecule has 3 atom stereocenters. The summed E-state index contributed by atoms with van der Waals surface area (Å²) in [6.45, 7) is 4.52. The van der Waals surface area contributed by atoms with Crippen molar-refractivity contribution in [2.75, 3.05) is 5.32 Å². The van der Waals surface area contributed by atoms with Crippen LogP contribution in [0.2, 0.25) is 0 Å². The van der Waals surface area contributed by atoms with E-state index in [1.54, 1.807) is 6.07 Å². The average molecular weight is 237 g/mol. The minimum atomic E-state index is -0.563. The maximum absolute atomic E-state index is 13.2. The summed E-state index contributed by atoms with van der Waals surface area (Å²) in [6, 6.07) is 4.90. The van der Waals surface area contributed by atoms with Crippen LogP contribution in [-0.2, 0) is 0 Å². The molecule has 0 bridgehead atoms. The fourth-order valence-corrected chi connectivity index (χ4v) is 2.69. The second-order valence-corrected chi connectivity index (χ2v) is 5.31. The van der Waals surface area contributed by atoms with E-state index in [9.17, 15) is 4.39 Å². The number of anilines is 1. The van der Waals surface area contributed by atoms with Crippen molar-refractivity contribution in [2.45, 2.75) is 39.2 Å². The van der Waals surface area contributed by atoms with Crippen LogP contribution >= 0.6 is 0 Å². The van der Waals surface area contributed by atoms with Gasteiger partial charge in [0, 0.05) is 17.8 Å². The fourth-order valence-electron chi connectivity index (χ4n) is 2.69. The van der Waals surface area contributed by atoms with Crippen LogP contribution in [0.25, 0.3) is 0 Å². The van der Waals surface area contributed by atoms with Gasteiger partial charge < -0.3 is 10.4 Å². The Kier molecular flexibility index (Phi) is 3.55. The van der Waals surface area contributed by atoms with Gasteiger partial charge >= 0.3 is 0 Å². The number of hydrogen-bond donors (Lipinski definition) is 2. The molecule has 1 saturated carbocycles. The molecular weight excluding hydrogens is 217 g/mol. The molecule has 0 radical (unpaired) electrons. The van der Waals surface area contributed by atoms with Gasteiger partial charge in [-0.15, -0.1) is 0 Å². The van der Waals surface area contributed by atoms with Gasteiger partial charge in [-0.1, -0.05) is 13.8 Å². The molecule has 94 valence electrons. The predicted octanol–water partition coefficient (Wildman–Crippen LogP) is 3.77. The zero-order chi connectivity index (χ0) is 12.4. The highest BCUT2D eigenvalue weighted by Crippen LogP contribution is 2.31. The number of aromatic hydroxyl groups is 1. The topological polar surface area (TPSA) is 32.3 Å². The van der Waals surface area contributed by atoms with Crippen LogP contribution < -0.4 is 5.32 Å². The molecule has 0 saturated heterocycles. The Labute approximate surface area is 102 Å². The Morgan fingerprint density at radius 3 is 2.71 bits per heavy atom. The van der Waals surface area contributed by atoms with Gasteiger partial charge in [0.05, 0.1) is 0 Å². The first kappa shape index (κ1) is 12.2. The molecule has 3 unspecified atom stereocenters. The van der Waals surface area contributed by atoms with E-state index in [0.29, 0.717) is 12.0 Å². The summed E-state index contributed by atoms with van der Waals surface area (Å²) in [6.07, 6.45) is 3.58. The van der Waals surface area contributed by atoms with E-state index in [1.807, 2.05) is 0 Å². The normalized spacial score (nSPS) is 29.0. The summed E-state index contributed by atoms with van der Waals surface area (Å²) >= 11 is 0. The first-order valence-corrected chi connectivity index (χ1v) is 6.31. The standard InChI is InChI=1S/C14H20FNO/c1-9-3-5-13(10(2)7-9)16-11-4-6-14(17)12(15)8-11/h4,6,8-10,13,16-17H,3,5,7H2,1-2H3. The summed E-state index contributed by atoms with van der Waals surface area (Å²) in [4.78, 5) is 0. The summed E-state index contributed by atoms with van der Waals surface area (Å²) in [7, 11) is 0. The number of nitrogens with one attached hydrogen (secondary N) is 1. The van der Waals surface area contributed by atoms with Gasteiger partial charge in [-0.05, 0) is 43.2 Å². The summed E-state index contributed by atoms with van der Waals surface area (Å²) < 4.78 is 13.2. The highest BCUT2D eigenvalue weighted by atomic mass is 19.1. The molecule has 0 amide bonds. The van der Waals surface area contributed by atoms with Crippen molar-refractivity contribution >= 4 is 5.69 Å². The van der Waals surface area contributed by atoms with E-state index in [2.05, 4.69) is 19.2 Å². The smallest absolute Gasteiger partial charge is 0.166 e. The lowest BCUT2D eigenvalue weighted by molar-refractivity contribution is 0.276. The Balaban J connectivity index is 2.02. The highest BCUT2D eigenvalue weighted by Gasteiger charge is 2.25. The molecule has 2 rings (SSSR count). The van der Waals surface area contributed by atoms with Crippen LogP contribution in [0.4, 0.5) is 10.1 Å². The monoisotopic (exact) mass is 237 g/mol. The van der Waals surface area contributed by atoms with Gasteiger partial charge in [-0.25, -0.2) is 4.39 Å². The third-order valence-corrected chi connectivity index (χ3v) is 3.73. The van der Waals surface area contributed by atoms with Crippen LogP contribution in [0.1, 0.15) is 33.1 Å². The molecule has 17 heavy (non-hydrogen) atoms. The van der Waals surface area contributed by atoms with Crippen molar-refractivity contribution in [2.24, 2.45) is 11.8 Å². The number of phenols is 1. The lowest BCUT2D eigenvalue weighted by Gasteiger charge is -2.33. The van der Waals surface area contributed by atoms with Gasteiger partial charge in [0.25, 0.3) is 0 Å². The van der Waals surface area contributed by atoms with E-state index in [1.165, 1.54) is 25.0 Å². The maximum atomic E-state index is 13.2. The van der Waals surface area contributed by atoms with Crippen LogP contribution in [0.3, 0.4) is 0 Å². The van der Waals surface area contributed by atoms with Crippen LogP contribution in [0, 0.1) is 17.7 Å². The molecule has 0 spiro atoms. The van der Waals surface area contributed by atoms with Crippen LogP contribution in [-0.4, -0.2) is 11.1 Å². The van der Waals surface area contributed by atoms with Crippen molar-refractivity contribution in [1.29, 1.82) is 0 Å². The summed E-state index contributed by atoms with van der Waals surface area (Å²) in [5.41, 5.74) is 0.756. The fraction of sp³-hybridized carbons (Fsp3) is 0.571. The first-order chi connectivity index (χ1) is 8.06. The van der Waals surface area contributed by atoms with Crippen molar-refractivity contribution in [3.05, 3.63) is 24.0 Å². The zero-order valence-electron chi connectivity index (χ0n) is 10.4. The second-order valence-electron chi connectivity index (χ2n) is 5.31. The lowest BCUT2D eigenvalue weighted by Crippen LogP contribution is -2.32. The molecule has 1 fully saturated rings. The van der Waals surface area contributed by atoms with E-state index < -0.39 is 5.82 Å². The third kappa shape index (κ3) is 2.90. The van der Waals surface area contributed by atoms with Crippen molar-refractivity contribution in [1.82, 2.24) is 0 Å². The largest absolute Gasteiger partial charge is 0.505 e. The highest BCUT2D eigenvalue weighted by molar-refractivity contribution is 5.47. The average Bonchev–Trinajstić information content (AvgIpc) is 2.27. The quantitative estimate of drug-likeness (QED) is 0.767. The Bertz CT molecular complexity index is 394. The van der Waals surface area contributed by atoms with Crippen molar-refractivity contribution in [3.8, 4) is 5.75 Å². The molecule has 1 aliphatic rings. The predicted molar refractivity (Wildman–Crippen MR) is 67.7 cm³/mol. The van der Waals surface area contributed by atoms with E-state index >= 15 is 0 Å². The third-order valence-electron chi connectivity index (χ3n) is 3.73. The molecule has 1 aromatic rings. The van der Waals surface area contributed by atoms with Gasteiger partial charge in [-0.2, -0.15) is 0 Å². The summed E-state index contributed by atoms with van der Waals surface area (Å²) in [5.74, 6) is 0.544. The number of phenolic OH excluding ortho intramolecular Hbond substituents is 1. The van der Waals surface area contributed by atoms with Gasteiger partial charge in [0.15, 0.2) is 11.6 Å². The molecule has 2 N–H and O–H groups in total. The minimum absolute atomic E-state index is 0.291. The molecule has 1 aromatic carbocycles. The second kappa shape index (κ2) is 4.94. The first-order valence-electron chi connectivity index (χ1n) is 6.31. The number of benzene rings is 1. The summed E-state index contributed by atoms with van der Waals surface area (Å²) in [5, 5.41) is 12.5. The van der Waals surface area contributed by atoms with Gasteiger partial charge in [-0.3, -0.25) is 0 Å². The SMILES string of the molecule is CC1CCC(Nc2ccc(O)c(F)c2)C(C)C1. The van der Waals surface area contributed by atoms with Crippen LogP contribution in [0.5, 0.6) is 5.75 Å². The minimum Gasteiger partial charge on any atom is -0.505 e. The Morgan fingerprint density at radius 2 is 2.06 bits per heavy atom. The van der Waals surface area contributed by atoms with Crippen molar-refractivity contribution in [3.63, 3.8) is 0 Å². The molecule has 0 aromatic heterocycles. The molecule has 1 aliphatic carbocycles. The number of hydrogen-bond acceptors (Lipinski definition) is 2. The zero-order valence-corrected chi connectivity index (χ0v) is 10.4.